The molecule has 1 fully saturated rings. The molecule has 4 heteroatoms. The number of carbonyl (C=O) groups is 1. The van der Waals surface area contributed by atoms with Crippen molar-refractivity contribution in [2.75, 3.05) is 6.54 Å². The zero-order chi connectivity index (χ0) is 14.4. The lowest BCUT2D eigenvalue weighted by Gasteiger charge is -2.28. The van der Waals surface area contributed by atoms with E-state index in [1.807, 2.05) is 12.1 Å². The topological polar surface area (TPSA) is 73.1 Å². The van der Waals surface area contributed by atoms with Gasteiger partial charge < -0.3 is 10.4 Å². The Bertz CT molecular complexity index is 490. The number of hydrogen-bond donors (Lipinski definition) is 2. The molecule has 1 aliphatic carbocycles. The number of nitriles is 1. The minimum absolute atomic E-state index is 0.197. The summed E-state index contributed by atoms with van der Waals surface area (Å²) >= 11 is 0. The van der Waals surface area contributed by atoms with Crippen LogP contribution in [0.25, 0.3) is 0 Å². The predicted octanol–water partition coefficient (Wildman–Crippen LogP) is 2.54. The monoisotopic (exact) mass is 272 g/mol. The van der Waals surface area contributed by atoms with Gasteiger partial charge in [0.15, 0.2) is 0 Å². The van der Waals surface area contributed by atoms with Gasteiger partial charge >= 0.3 is 5.97 Å². The maximum absolute atomic E-state index is 11.2. The van der Waals surface area contributed by atoms with E-state index in [-0.39, 0.29) is 11.8 Å². The van der Waals surface area contributed by atoms with E-state index in [0.29, 0.717) is 12.1 Å². The fraction of sp³-hybridized carbons (Fsp3) is 0.500. The van der Waals surface area contributed by atoms with Crippen LogP contribution >= 0.6 is 0 Å². The van der Waals surface area contributed by atoms with E-state index in [9.17, 15) is 9.90 Å². The third-order valence-corrected chi connectivity index (χ3v) is 4.04. The normalized spacial score (nSPS) is 22.1. The molecular weight excluding hydrogens is 252 g/mol. The van der Waals surface area contributed by atoms with Gasteiger partial charge in [-0.05, 0) is 43.0 Å². The molecule has 0 saturated heterocycles. The van der Waals surface area contributed by atoms with Crippen LogP contribution < -0.4 is 5.32 Å². The molecule has 0 aromatic heterocycles. The first-order valence-corrected chi connectivity index (χ1v) is 7.13. The largest absolute Gasteiger partial charge is 0.481 e. The molecule has 1 aromatic rings. The summed E-state index contributed by atoms with van der Waals surface area (Å²) in [6.07, 6.45) is 3.96. The Hall–Kier alpha value is -1.86. The zero-order valence-electron chi connectivity index (χ0n) is 11.5. The van der Waals surface area contributed by atoms with Gasteiger partial charge in [-0.25, -0.2) is 0 Å². The minimum Gasteiger partial charge on any atom is -0.481 e. The van der Waals surface area contributed by atoms with Crippen molar-refractivity contribution in [2.45, 2.75) is 32.2 Å². The molecule has 0 aliphatic heterocycles. The number of aliphatic carboxylic acids is 1. The number of hydrogen-bond acceptors (Lipinski definition) is 3. The molecule has 0 spiro atoms. The number of carboxylic acid groups (broad SMARTS) is 1. The van der Waals surface area contributed by atoms with Gasteiger partial charge in [0.2, 0.25) is 0 Å². The first-order valence-electron chi connectivity index (χ1n) is 7.13. The molecule has 1 aliphatic rings. The molecule has 4 nitrogen and oxygen atoms in total. The lowest BCUT2D eigenvalue weighted by Crippen LogP contribution is -2.34. The van der Waals surface area contributed by atoms with E-state index in [1.54, 1.807) is 12.1 Å². The van der Waals surface area contributed by atoms with Gasteiger partial charge in [-0.2, -0.15) is 5.26 Å². The van der Waals surface area contributed by atoms with Gasteiger partial charge in [0, 0.05) is 6.54 Å². The molecule has 2 N–H and O–H groups in total. The Morgan fingerprint density at radius 3 is 2.65 bits per heavy atom. The van der Waals surface area contributed by atoms with Crippen LogP contribution in [0.1, 0.15) is 36.8 Å². The standard InChI is InChI=1S/C16H20N2O2/c17-9-12-5-7-13(8-6-12)10-18-11-14-3-1-2-4-15(14)16(19)20/h5-8,14-15,18H,1-4,10-11H2,(H,19,20). The van der Waals surface area contributed by atoms with Crippen LogP contribution in [-0.2, 0) is 11.3 Å². The van der Waals surface area contributed by atoms with E-state index in [4.69, 9.17) is 5.26 Å². The number of nitrogens with one attached hydrogen (secondary N) is 1. The van der Waals surface area contributed by atoms with Crippen LogP contribution in [0, 0.1) is 23.2 Å². The van der Waals surface area contributed by atoms with Crippen molar-refractivity contribution in [3.8, 4) is 6.07 Å². The van der Waals surface area contributed by atoms with Crippen LogP contribution in [0.2, 0.25) is 0 Å². The van der Waals surface area contributed by atoms with Crippen molar-refractivity contribution in [2.24, 2.45) is 11.8 Å². The summed E-state index contributed by atoms with van der Waals surface area (Å²) in [5, 5.41) is 21.3. The average Bonchev–Trinajstić information content (AvgIpc) is 2.48. The molecule has 2 unspecified atom stereocenters. The Morgan fingerprint density at radius 1 is 1.30 bits per heavy atom. The molecule has 0 radical (unpaired) electrons. The first-order chi connectivity index (χ1) is 9.70. The highest BCUT2D eigenvalue weighted by Gasteiger charge is 2.30. The summed E-state index contributed by atoms with van der Waals surface area (Å²) in [7, 11) is 0. The molecular formula is C16H20N2O2. The predicted molar refractivity (Wildman–Crippen MR) is 75.9 cm³/mol. The van der Waals surface area contributed by atoms with Crippen LogP contribution in [-0.4, -0.2) is 17.6 Å². The van der Waals surface area contributed by atoms with Gasteiger partial charge in [-0.3, -0.25) is 4.79 Å². The summed E-state index contributed by atoms with van der Waals surface area (Å²) in [6.45, 7) is 1.46. The Labute approximate surface area is 119 Å². The Morgan fingerprint density at radius 2 is 2.00 bits per heavy atom. The van der Waals surface area contributed by atoms with Crippen molar-refractivity contribution in [1.29, 1.82) is 5.26 Å². The fourth-order valence-electron chi connectivity index (χ4n) is 2.88. The van der Waals surface area contributed by atoms with E-state index in [1.165, 1.54) is 0 Å². The maximum Gasteiger partial charge on any atom is 0.306 e. The van der Waals surface area contributed by atoms with E-state index in [2.05, 4.69) is 11.4 Å². The van der Waals surface area contributed by atoms with Crippen molar-refractivity contribution >= 4 is 5.97 Å². The maximum atomic E-state index is 11.2. The molecule has 0 bridgehead atoms. The van der Waals surface area contributed by atoms with Gasteiger partial charge in [-0.15, -0.1) is 0 Å². The average molecular weight is 272 g/mol. The fourth-order valence-corrected chi connectivity index (χ4v) is 2.88. The van der Waals surface area contributed by atoms with Gasteiger partial charge in [0.05, 0.1) is 17.6 Å². The zero-order valence-corrected chi connectivity index (χ0v) is 11.5. The molecule has 0 heterocycles. The lowest BCUT2D eigenvalue weighted by atomic mass is 9.79. The molecule has 0 amide bonds. The molecule has 2 rings (SSSR count). The second-order valence-corrected chi connectivity index (χ2v) is 5.43. The van der Waals surface area contributed by atoms with Crippen molar-refractivity contribution in [3.05, 3.63) is 35.4 Å². The number of rotatable bonds is 5. The lowest BCUT2D eigenvalue weighted by molar-refractivity contribution is -0.144. The number of carboxylic acids is 1. The quantitative estimate of drug-likeness (QED) is 0.864. The van der Waals surface area contributed by atoms with Crippen LogP contribution in [0.5, 0.6) is 0 Å². The molecule has 1 aromatic carbocycles. The first kappa shape index (κ1) is 14.5. The summed E-state index contributed by atoms with van der Waals surface area (Å²) < 4.78 is 0. The SMILES string of the molecule is N#Cc1ccc(CNCC2CCCCC2C(=O)O)cc1. The third kappa shape index (κ3) is 3.82. The second-order valence-electron chi connectivity index (χ2n) is 5.43. The molecule has 20 heavy (non-hydrogen) atoms. The van der Waals surface area contributed by atoms with Gasteiger partial charge in [-0.1, -0.05) is 25.0 Å². The molecule has 2 atom stereocenters. The molecule has 1 saturated carbocycles. The van der Waals surface area contributed by atoms with Crippen LogP contribution in [0.4, 0.5) is 0 Å². The van der Waals surface area contributed by atoms with Gasteiger partial charge in [0.1, 0.15) is 0 Å². The van der Waals surface area contributed by atoms with Gasteiger partial charge in [0.25, 0.3) is 0 Å². The third-order valence-electron chi connectivity index (χ3n) is 4.04. The summed E-state index contributed by atoms with van der Waals surface area (Å²) in [6, 6.07) is 9.56. The van der Waals surface area contributed by atoms with E-state index in [0.717, 1.165) is 37.8 Å². The summed E-state index contributed by atoms with van der Waals surface area (Å²) in [4.78, 5) is 11.2. The number of nitrogens with zero attached hydrogens (tertiary/aromatic N) is 1. The van der Waals surface area contributed by atoms with Crippen LogP contribution in [0.15, 0.2) is 24.3 Å². The van der Waals surface area contributed by atoms with E-state index < -0.39 is 5.97 Å². The molecule has 106 valence electrons. The van der Waals surface area contributed by atoms with E-state index >= 15 is 0 Å². The highest BCUT2D eigenvalue weighted by atomic mass is 16.4. The van der Waals surface area contributed by atoms with Crippen molar-refractivity contribution in [3.63, 3.8) is 0 Å². The Kier molecular flexibility index (Phi) is 5.14. The summed E-state index contributed by atoms with van der Waals surface area (Å²) in [5.41, 5.74) is 1.78. The number of benzene rings is 1. The smallest absolute Gasteiger partial charge is 0.306 e. The highest BCUT2D eigenvalue weighted by Crippen LogP contribution is 2.29. The Balaban J connectivity index is 1.82. The summed E-state index contributed by atoms with van der Waals surface area (Å²) in [5.74, 6) is -0.619. The second kappa shape index (κ2) is 7.06. The minimum atomic E-state index is -0.658. The van der Waals surface area contributed by atoms with Crippen molar-refractivity contribution < 1.29 is 9.90 Å². The van der Waals surface area contributed by atoms with Crippen LogP contribution in [0.3, 0.4) is 0 Å². The van der Waals surface area contributed by atoms with Crippen molar-refractivity contribution in [1.82, 2.24) is 5.32 Å². The highest BCUT2D eigenvalue weighted by molar-refractivity contribution is 5.70.